The van der Waals surface area contributed by atoms with E-state index in [-0.39, 0.29) is 34.9 Å². The van der Waals surface area contributed by atoms with Crippen LogP contribution in [0.3, 0.4) is 0 Å². The Morgan fingerprint density at radius 1 is 1.12 bits per heavy atom. The lowest BCUT2D eigenvalue weighted by Gasteiger charge is -2.26. The second-order valence-corrected chi connectivity index (χ2v) is 12.6. The van der Waals surface area contributed by atoms with Crippen LogP contribution in [0.2, 0.25) is 0 Å². The van der Waals surface area contributed by atoms with E-state index in [0.717, 1.165) is 11.3 Å². The fourth-order valence-corrected chi connectivity index (χ4v) is 7.13. The van der Waals surface area contributed by atoms with Crippen LogP contribution in [0.25, 0.3) is 16.6 Å². The zero-order chi connectivity index (χ0) is 24.6. The van der Waals surface area contributed by atoms with E-state index in [4.69, 9.17) is 4.98 Å². The molecule has 2 unspecified atom stereocenters. The van der Waals surface area contributed by atoms with E-state index in [9.17, 15) is 18.0 Å². The molecule has 1 saturated heterocycles. The average molecular weight is 500 g/mol. The molecule has 1 aromatic heterocycles. The van der Waals surface area contributed by atoms with E-state index in [0.29, 0.717) is 22.5 Å². The minimum absolute atomic E-state index is 0.00662. The second-order valence-electron chi connectivity index (χ2n) is 9.03. The van der Waals surface area contributed by atoms with Crippen molar-refractivity contribution in [1.29, 1.82) is 0 Å². The summed E-state index contributed by atoms with van der Waals surface area (Å²) in [5.41, 5.74) is 2.15. The topological polar surface area (TPSA) is 89.3 Å². The van der Waals surface area contributed by atoms with Crippen LogP contribution in [0.5, 0.6) is 0 Å². The van der Waals surface area contributed by atoms with Gasteiger partial charge in [0, 0.05) is 13.1 Å². The average Bonchev–Trinajstić information content (AvgIpc) is 3.18. The van der Waals surface area contributed by atoms with E-state index in [1.807, 2.05) is 36.4 Å². The van der Waals surface area contributed by atoms with Crippen molar-refractivity contribution in [1.82, 2.24) is 14.5 Å². The molecule has 2 heterocycles. The lowest BCUT2D eigenvalue weighted by molar-refractivity contribution is -0.130. The number of para-hydroxylation sites is 2. The van der Waals surface area contributed by atoms with Crippen LogP contribution >= 0.6 is 11.8 Å². The number of hydrogen-bond donors (Lipinski definition) is 0. The molecule has 0 saturated carbocycles. The molecule has 180 valence electrons. The highest BCUT2D eigenvalue weighted by atomic mass is 32.2. The maximum absolute atomic E-state index is 13.6. The monoisotopic (exact) mass is 499 g/mol. The Morgan fingerprint density at radius 3 is 2.47 bits per heavy atom. The predicted octanol–water partition coefficient (Wildman–Crippen LogP) is 3.64. The van der Waals surface area contributed by atoms with Gasteiger partial charge in [0.1, 0.15) is 0 Å². The van der Waals surface area contributed by atoms with Crippen LogP contribution in [0, 0.1) is 0 Å². The molecule has 1 aliphatic rings. The van der Waals surface area contributed by atoms with Gasteiger partial charge >= 0.3 is 0 Å². The van der Waals surface area contributed by atoms with E-state index in [1.165, 1.54) is 16.7 Å². The van der Waals surface area contributed by atoms with Crippen LogP contribution in [0.4, 0.5) is 0 Å². The molecule has 4 rings (SSSR count). The summed E-state index contributed by atoms with van der Waals surface area (Å²) in [5, 5.41) is 0.390. The molecule has 34 heavy (non-hydrogen) atoms. The largest absolute Gasteiger partial charge is 0.341 e. The summed E-state index contributed by atoms with van der Waals surface area (Å²) in [4.78, 5) is 33.2. The van der Waals surface area contributed by atoms with Crippen molar-refractivity contribution in [3.8, 4) is 5.69 Å². The van der Waals surface area contributed by atoms with Crippen molar-refractivity contribution in [2.24, 2.45) is 0 Å². The lowest BCUT2D eigenvalue weighted by Crippen LogP contribution is -2.42. The second kappa shape index (κ2) is 9.54. The third-order valence-corrected chi connectivity index (χ3v) is 9.07. The van der Waals surface area contributed by atoms with Gasteiger partial charge in [-0.05, 0) is 43.0 Å². The number of carbonyl (C=O) groups excluding carboxylic acids is 1. The van der Waals surface area contributed by atoms with Crippen molar-refractivity contribution in [3.63, 3.8) is 0 Å². The number of fused-ring (bicyclic) bond motifs is 1. The number of sulfone groups is 1. The minimum Gasteiger partial charge on any atom is -0.341 e. The molecular formula is C25H29N3O4S2. The van der Waals surface area contributed by atoms with Gasteiger partial charge in [-0.1, -0.05) is 55.9 Å². The lowest BCUT2D eigenvalue weighted by atomic mass is 10.0. The van der Waals surface area contributed by atoms with Gasteiger partial charge in [0.15, 0.2) is 15.0 Å². The highest BCUT2D eigenvalue weighted by molar-refractivity contribution is 8.00. The Hall–Kier alpha value is -2.65. The van der Waals surface area contributed by atoms with Gasteiger partial charge in [0.25, 0.3) is 5.56 Å². The highest BCUT2D eigenvalue weighted by Gasteiger charge is 2.34. The van der Waals surface area contributed by atoms with Gasteiger partial charge in [-0.2, -0.15) is 0 Å². The van der Waals surface area contributed by atoms with Gasteiger partial charge in [-0.25, -0.2) is 13.4 Å². The van der Waals surface area contributed by atoms with Crippen molar-refractivity contribution >= 4 is 38.4 Å². The first kappa shape index (κ1) is 24.5. The Morgan fingerprint density at radius 2 is 1.79 bits per heavy atom. The molecule has 0 radical (unpaired) electrons. The molecule has 3 aromatic rings. The van der Waals surface area contributed by atoms with Gasteiger partial charge in [0.05, 0.1) is 33.3 Å². The zero-order valence-electron chi connectivity index (χ0n) is 19.8. The molecule has 0 bridgehead atoms. The van der Waals surface area contributed by atoms with E-state index >= 15 is 0 Å². The van der Waals surface area contributed by atoms with Crippen molar-refractivity contribution in [2.75, 3.05) is 18.6 Å². The van der Waals surface area contributed by atoms with Crippen molar-refractivity contribution in [2.45, 2.75) is 49.6 Å². The number of aromatic nitrogens is 2. The summed E-state index contributed by atoms with van der Waals surface area (Å²) in [6.45, 7) is 5.91. The fraction of sp³-hybridized carbons (Fsp3) is 0.400. The summed E-state index contributed by atoms with van der Waals surface area (Å²) in [6, 6.07) is 14.6. The first-order chi connectivity index (χ1) is 16.1. The molecule has 0 N–H and O–H groups in total. The van der Waals surface area contributed by atoms with Crippen LogP contribution in [-0.4, -0.2) is 58.6 Å². The quantitative estimate of drug-likeness (QED) is 0.380. The number of thioether (sulfide) groups is 1. The van der Waals surface area contributed by atoms with Crippen molar-refractivity contribution in [3.05, 3.63) is 64.4 Å². The SMILES string of the molecule is CC(Sc1nc2ccccc2c(=O)n1-c1ccccc1C(C)C)C(=O)N(C)C1CCS(=O)(=O)C1. The maximum Gasteiger partial charge on any atom is 0.266 e. The number of amides is 1. The molecule has 1 fully saturated rings. The standard InChI is InChI=1S/C25H29N3O4S2/c1-16(2)19-9-6-8-12-22(19)28-24(30)20-10-5-7-11-21(20)26-25(28)33-17(3)23(29)27(4)18-13-14-34(31,32)15-18/h5-12,16-18H,13-15H2,1-4H3. The Bertz CT molecular complexity index is 1400. The normalized spacial score (nSPS) is 18.3. The van der Waals surface area contributed by atoms with Gasteiger partial charge < -0.3 is 4.90 Å². The van der Waals surface area contributed by atoms with E-state index < -0.39 is 15.1 Å². The van der Waals surface area contributed by atoms with E-state index in [2.05, 4.69) is 13.8 Å². The number of nitrogens with zero attached hydrogens (tertiary/aromatic N) is 3. The molecule has 1 aliphatic heterocycles. The molecule has 0 spiro atoms. The van der Waals surface area contributed by atoms with Gasteiger partial charge in [-0.15, -0.1) is 0 Å². The zero-order valence-corrected chi connectivity index (χ0v) is 21.4. The molecule has 7 nitrogen and oxygen atoms in total. The molecule has 1 amide bonds. The molecular weight excluding hydrogens is 470 g/mol. The molecule has 9 heteroatoms. The Labute approximate surface area is 204 Å². The minimum atomic E-state index is -3.10. The fourth-order valence-electron chi connectivity index (χ4n) is 4.34. The third kappa shape index (κ3) is 4.77. The summed E-state index contributed by atoms with van der Waals surface area (Å²) in [5.74, 6) is 0.0992. The number of benzene rings is 2. The molecule has 0 aliphatic carbocycles. The van der Waals surface area contributed by atoms with Crippen LogP contribution in [0.15, 0.2) is 58.5 Å². The first-order valence-corrected chi connectivity index (χ1v) is 14.0. The molecule has 2 aromatic carbocycles. The number of rotatable bonds is 6. The molecule has 2 atom stereocenters. The summed E-state index contributed by atoms with van der Waals surface area (Å²) < 4.78 is 25.4. The van der Waals surface area contributed by atoms with Crippen LogP contribution in [-0.2, 0) is 14.6 Å². The summed E-state index contributed by atoms with van der Waals surface area (Å²) in [7, 11) is -1.45. The first-order valence-electron chi connectivity index (χ1n) is 11.3. The highest BCUT2D eigenvalue weighted by Crippen LogP contribution is 2.30. The maximum atomic E-state index is 13.6. The summed E-state index contributed by atoms with van der Waals surface area (Å²) >= 11 is 1.22. The Balaban J connectivity index is 1.76. The number of hydrogen-bond acceptors (Lipinski definition) is 6. The van der Waals surface area contributed by atoms with Crippen LogP contribution < -0.4 is 5.56 Å². The summed E-state index contributed by atoms with van der Waals surface area (Å²) in [6.07, 6.45) is 0.447. The van der Waals surface area contributed by atoms with Gasteiger partial charge in [0.2, 0.25) is 5.91 Å². The number of carbonyl (C=O) groups is 1. The predicted molar refractivity (Wildman–Crippen MR) is 137 cm³/mol. The Kier molecular flexibility index (Phi) is 6.87. The van der Waals surface area contributed by atoms with E-state index in [1.54, 1.807) is 30.7 Å². The smallest absolute Gasteiger partial charge is 0.266 e. The van der Waals surface area contributed by atoms with Crippen molar-refractivity contribution < 1.29 is 13.2 Å². The van der Waals surface area contributed by atoms with Crippen LogP contribution in [0.1, 0.15) is 38.7 Å². The van der Waals surface area contributed by atoms with Gasteiger partial charge in [-0.3, -0.25) is 14.2 Å². The third-order valence-electron chi connectivity index (χ3n) is 6.28.